The molecule has 206 valence electrons. The van der Waals surface area contributed by atoms with Gasteiger partial charge in [-0.15, -0.1) is 0 Å². The molecule has 2 aromatic heterocycles. The maximum atomic E-state index is 13.8. The van der Waals surface area contributed by atoms with Crippen molar-refractivity contribution in [1.82, 2.24) is 15.0 Å². The van der Waals surface area contributed by atoms with Crippen LogP contribution in [0.15, 0.2) is 48.8 Å². The minimum atomic E-state index is -4.71. The Labute approximate surface area is 223 Å². The Morgan fingerprint density at radius 2 is 1.90 bits per heavy atom. The fourth-order valence-corrected chi connectivity index (χ4v) is 5.23. The zero-order valence-corrected chi connectivity index (χ0v) is 21.8. The summed E-state index contributed by atoms with van der Waals surface area (Å²) in [6, 6.07) is 8.67. The summed E-state index contributed by atoms with van der Waals surface area (Å²) in [6.45, 7) is 2.30. The fourth-order valence-electron chi connectivity index (χ4n) is 4.40. The van der Waals surface area contributed by atoms with Gasteiger partial charge < -0.3 is 20.3 Å². The number of fused-ring (bicyclic) bond motifs is 5. The lowest BCUT2D eigenvalue weighted by Gasteiger charge is -2.30. The Balaban J connectivity index is 1.65. The van der Waals surface area contributed by atoms with Crippen LogP contribution in [0.4, 0.5) is 42.1 Å². The molecule has 1 fully saturated rings. The summed E-state index contributed by atoms with van der Waals surface area (Å²) in [5.41, 5.74) is 1.56. The van der Waals surface area contributed by atoms with Crippen molar-refractivity contribution >= 4 is 45.1 Å². The molecule has 0 radical (unpaired) electrons. The molecule has 39 heavy (non-hydrogen) atoms. The number of alkyl halides is 3. The monoisotopic (exact) mass is 561 g/mol. The van der Waals surface area contributed by atoms with Crippen LogP contribution in [-0.2, 0) is 27.5 Å². The number of nitrogens with one attached hydrogen (secondary N) is 2. The van der Waals surface area contributed by atoms with E-state index in [2.05, 4.69) is 30.5 Å². The molecule has 2 aliphatic rings. The summed E-state index contributed by atoms with van der Waals surface area (Å²) in [4.78, 5) is 14.4. The number of pyridine rings is 1. The molecular formula is C25H26F3N7O3S. The van der Waals surface area contributed by atoms with Gasteiger partial charge in [-0.3, -0.25) is 0 Å². The number of sulfonamides is 1. The second kappa shape index (κ2) is 10.7. The lowest BCUT2D eigenvalue weighted by Crippen LogP contribution is -2.36. The molecule has 4 heterocycles. The van der Waals surface area contributed by atoms with Gasteiger partial charge in [0.25, 0.3) is 0 Å². The van der Waals surface area contributed by atoms with E-state index in [-0.39, 0.29) is 24.9 Å². The second-order valence-corrected chi connectivity index (χ2v) is 10.9. The maximum Gasteiger partial charge on any atom is 0.421 e. The smallest absolute Gasteiger partial charge is 0.378 e. The largest absolute Gasteiger partial charge is 0.421 e. The number of rotatable bonds is 2. The highest BCUT2D eigenvalue weighted by Gasteiger charge is 2.35. The number of benzene rings is 1. The molecule has 1 aromatic carbocycles. The summed E-state index contributed by atoms with van der Waals surface area (Å²) in [7, 11) is -3.79. The molecule has 2 N–H and O–H groups in total. The highest BCUT2D eigenvalue weighted by molar-refractivity contribution is 7.92. The maximum absolute atomic E-state index is 13.8. The molecule has 4 bridgehead atoms. The predicted octanol–water partition coefficient (Wildman–Crippen LogP) is 3.88. The van der Waals surface area contributed by atoms with Gasteiger partial charge >= 0.3 is 6.18 Å². The van der Waals surface area contributed by atoms with Crippen LogP contribution in [0.5, 0.6) is 0 Å². The van der Waals surface area contributed by atoms with E-state index in [1.54, 1.807) is 24.3 Å². The van der Waals surface area contributed by atoms with Gasteiger partial charge in [-0.05, 0) is 29.8 Å². The first-order chi connectivity index (χ1) is 18.6. The average molecular weight is 562 g/mol. The topological polar surface area (TPSA) is 113 Å². The Kier molecular flexibility index (Phi) is 7.32. The Morgan fingerprint density at radius 3 is 2.64 bits per heavy atom. The van der Waals surface area contributed by atoms with Gasteiger partial charge in [0.05, 0.1) is 26.0 Å². The van der Waals surface area contributed by atoms with E-state index in [4.69, 9.17) is 4.74 Å². The first kappa shape index (κ1) is 26.7. The van der Waals surface area contributed by atoms with Crippen molar-refractivity contribution in [2.24, 2.45) is 0 Å². The van der Waals surface area contributed by atoms with E-state index in [0.717, 1.165) is 21.8 Å². The molecule has 0 spiro atoms. The molecule has 2 aliphatic heterocycles. The van der Waals surface area contributed by atoms with Crippen molar-refractivity contribution in [2.75, 3.05) is 58.9 Å². The summed E-state index contributed by atoms with van der Waals surface area (Å²) in [6.07, 6.45) is 2.02. The number of aromatic nitrogens is 3. The van der Waals surface area contributed by atoms with Gasteiger partial charge in [-0.1, -0.05) is 18.2 Å². The Bertz CT molecular complexity index is 1490. The number of hydrogen-bond acceptors (Lipinski definition) is 9. The third-order valence-electron chi connectivity index (χ3n) is 6.25. The summed E-state index contributed by atoms with van der Waals surface area (Å²) < 4.78 is 73.5. The molecule has 0 aliphatic carbocycles. The van der Waals surface area contributed by atoms with E-state index in [1.807, 2.05) is 18.2 Å². The van der Waals surface area contributed by atoms with Crippen LogP contribution in [-0.4, -0.2) is 62.5 Å². The Morgan fingerprint density at radius 1 is 1.10 bits per heavy atom. The normalized spacial score (nSPS) is 17.2. The molecule has 3 aromatic rings. The van der Waals surface area contributed by atoms with Crippen LogP contribution in [0.1, 0.15) is 16.7 Å². The van der Waals surface area contributed by atoms with Gasteiger partial charge in [-0.2, -0.15) is 18.2 Å². The third kappa shape index (κ3) is 6.06. The van der Waals surface area contributed by atoms with E-state index in [1.165, 1.54) is 6.20 Å². The summed E-state index contributed by atoms with van der Waals surface area (Å²) >= 11 is 0. The number of anilines is 5. The predicted molar refractivity (Wildman–Crippen MR) is 143 cm³/mol. The molecular weight excluding hydrogens is 535 g/mol. The molecule has 10 nitrogen and oxygen atoms in total. The number of halogens is 3. The molecule has 0 saturated carbocycles. The van der Waals surface area contributed by atoms with Gasteiger partial charge in [0, 0.05) is 49.0 Å². The number of nitrogens with zero attached hydrogens (tertiary/aromatic N) is 5. The average Bonchev–Trinajstić information content (AvgIpc) is 2.89. The van der Waals surface area contributed by atoms with Crippen molar-refractivity contribution < 1.29 is 26.3 Å². The van der Waals surface area contributed by atoms with Crippen LogP contribution in [0.3, 0.4) is 0 Å². The number of ether oxygens (including phenoxy) is 1. The van der Waals surface area contributed by atoms with Crippen LogP contribution in [0, 0.1) is 0 Å². The lowest BCUT2D eigenvalue weighted by molar-refractivity contribution is -0.137. The summed E-state index contributed by atoms with van der Waals surface area (Å²) in [5.74, 6) is -0.368. The van der Waals surface area contributed by atoms with Crippen molar-refractivity contribution in [1.29, 1.82) is 0 Å². The zero-order chi connectivity index (χ0) is 27.6. The van der Waals surface area contributed by atoms with Gasteiger partial charge in [0.2, 0.25) is 16.0 Å². The SMILES string of the molecule is CS(=O)(=O)N1C/C=C/c2cc(ccc2N2CCOCC2)Nc2ncc(C(F)(F)F)c(n2)NCc2cccnc21. The van der Waals surface area contributed by atoms with Crippen molar-refractivity contribution in [3.63, 3.8) is 0 Å². The second-order valence-electron chi connectivity index (χ2n) is 8.99. The molecule has 0 amide bonds. The van der Waals surface area contributed by atoms with Crippen LogP contribution in [0.25, 0.3) is 6.08 Å². The van der Waals surface area contributed by atoms with E-state index < -0.39 is 27.6 Å². The van der Waals surface area contributed by atoms with Crippen molar-refractivity contribution in [3.8, 4) is 0 Å². The number of hydrogen-bond donors (Lipinski definition) is 2. The van der Waals surface area contributed by atoms with Crippen molar-refractivity contribution in [3.05, 3.63) is 65.5 Å². The molecule has 5 rings (SSSR count). The highest BCUT2D eigenvalue weighted by atomic mass is 32.2. The zero-order valence-electron chi connectivity index (χ0n) is 20.9. The van der Waals surface area contributed by atoms with Gasteiger partial charge in [0.1, 0.15) is 17.2 Å². The van der Waals surface area contributed by atoms with Crippen molar-refractivity contribution in [2.45, 2.75) is 12.7 Å². The first-order valence-corrected chi connectivity index (χ1v) is 13.9. The third-order valence-corrected chi connectivity index (χ3v) is 7.37. The van der Waals surface area contributed by atoms with E-state index >= 15 is 0 Å². The molecule has 1 saturated heterocycles. The first-order valence-electron chi connectivity index (χ1n) is 12.1. The molecule has 0 unspecified atom stereocenters. The van der Waals surface area contributed by atoms with Crippen LogP contribution < -0.4 is 19.8 Å². The lowest BCUT2D eigenvalue weighted by atomic mass is 10.1. The Hall–Kier alpha value is -3.91. The fraction of sp³-hybridized carbons (Fsp3) is 0.320. The molecule has 0 atom stereocenters. The van der Waals surface area contributed by atoms with E-state index in [9.17, 15) is 21.6 Å². The van der Waals surface area contributed by atoms with Gasteiger partial charge in [0.15, 0.2) is 0 Å². The standard InChI is InChI=1S/C25H26F3N7O3S/c1-39(36,37)35-9-3-5-17-14-19(6-7-21(17)34-10-12-38-13-11-34)32-24-31-16-20(25(26,27)28)22(33-24)30-15-18-4-2-8-29-23(18)35/h2-8,14,16H,9-13,15H2,1H3,(H2,30,31,32,33)/b5-3+. The van der Waals surface area contributed by atoms with Crippen LogP contribution >= 0.6 is 0 Å². The summed E-state index contributed by atoms with van der Waals surface area (Å²) in [5, 5.41) is 5.70. The number of morpholine rings is 1. The minimum absolute atomic E-state index is 0.0291. The minimum Gasteiger partial charge on any atom is -0.378 e. The van der Waals surface area contributed by atoms with Crippen LogP contribution in [0.2, 0.25) is 0 Å². The quantitative estimate of drug-likeness (QED) is 0.482. The molecule has 14 heteroatoms. The van der Waals surface area contributed by atoms with E-state index in [0.29, 0.717) is 43.8 Å². The van der Waals surface area contributed by atoms with Gasteiger partial charge in [-0.25, -0.2) is 22.7 Å². The highest BCUT2D eigenvalue weighted by Crippen LogP contribution is 2.35.